The van der Waals surface area contributed by atoms with Crippen LogP contribution >= 0.6 is 23.2 Å². The van der Waals surface area contributed by atoms with Crippen LogP contribution in [0, 0.1) is 15.5 Å². The average Bonchev–Trinajstić information content (AvgIpc) is 2.40. The Morgan fingerprint density at radius 2 is 1.90 bits per heavy atom. The maximum atomic E-state index is 11.0. The molecule has 0 amide bonds. The highest BCUT2D eigenvalue weighted by atomic mass is 35.5. The van der Waals surface area contributed by atoms with Crippen LogP contribution in [-0.2, 0) is 0 Å². The lowest BCUT2D eigenvalue weighted by atomic mass is 10.2. The maximum absolute atomic E-state index is 11.0. The SMILES string of the molecule is N=C(N)c1ccc(Oc2cc(Cl)ccc2[N+](=O)[O-])c(Cl)c1. The second kappa shape index (κ2) is 5.99. The number of benzene rings is 2. The third-order valence-electron chi connectivity index (χ3n) is 2.58. The Balaban J connectivity index is 2.40. The Hall–Kier alpha value is -2.31. The van der Waals surface area contributed by atoms with E-state index < -0.39 is 4.92 Å². The van der Waals surface area contributed by atoms with Crippen molar-refractivity contribution in [3.63, 3.8) is 0 Å². The lowest BCUT2D eigenvalue weighted by Gasteiger charge is -2.09. The number of nitrogen functional groups attached to an aromatic ring is 1. The van der Waals surface area contributed by atoms with Crippen LogP contribution in [0.5, 0.6) is 11.5 Å². The number of ether oxygens (including phenoxy) is 1. The van der Waals surface area contributed by atoms with Gasteiger partial charge in [-0.3, -0.25) is 15.5 Å². The van der Waals surface area contributed by atoms with E-state index in [1.54, 1.807) is 0 Å². The predicted molar refractivity (Wildman–Crippen MR) is 80.6 cm³/mol. The Kier molecular flexibility index (Phi) is 4.30. The molecule has 0 radical (unpaired) electrons. The van der Waals surface area contributed by atoms with Gasteiger partial charge in [0.05, 0.1) is 9.95 Å². The quantitative estimate of drug-likeness (QED) is 0.384. The van der Waals surface area contributed by atoms with Gasteiger partial charge in [-0.05, 0) is 24.3 Å². The molecule has 0 aliphatic carbocycles. The van der Waals surface area contributed by atoms with Crippen molar-refractivity contribution < 1.29 is 9.66 Å². The molecule has 0 bridgehead atoms. The number of amidine groups is 1. The molecule has 0 atom stereocenters. The standard InChI is InChI=1S/C13H9Cl2N3O3/c14-8-2-3-10(18(19)20)12(6-8)21-11-4-1-7(13(16)17)5-9(11)15/h1-6H,(H3,16,17). The van der Waals surface area contributed by atoms with E-state index in [9.17, 15) is 10.1 Å². The van der Waals surface area contributed by atoms with Gasteiger partial charge >= 0.3 is 5.69 Å². The first kappa shape index (κ1) is 15.1. The Bertz CT molecular complexity index is 735. The number of rotatable bonds is 4. The summed E-state index contributed by atoms with van der Waals surface area (Å²) in [5.74, 6) is 0.0363. The first-order chi connectivity index (χ1) is 9.88. The average molecular weight is 326 g/mol. The Labute approximate surface area is 129 Å². The molecule has 21 heavy (non-hydrogen) atoms. The van der Waals surface area contributed by atoms with Gasteiger partial charge in [0.1, 0.15) is 11.6 Å². The number of nitro groups is 1. The van der Waals surface area contributed by atoms with Crippen molar-refractivity contribution in [2.45, 2.75) is 0 Å². The summed E-state index contributed by atoms with van der Waals surface area (Å²) < 4.78 is 5.45. The summed E-state index contributed by atoms with van der Waals surface area (Å²) in [6.45, 7) is 0. The minimum Gasteiger partial charge on any atom is -0.449 e. The first-order valence-corrected chi connectivity index (χ1v) is 6.40. The minimum atomic E-state index is -0.580. The van der Waals surface area contributed by atoms with Crippen LogP contribution in [0.25, 0.3) is 0 Å². The first-order valence-electron chi connectivity index (χ1n) is 5.64. The summed E-state index contributed by atoms with van der Waals surface area (Å²) in [7, 11) is 0. The molecule has 0 aliphatic rings. The molecule has 8 heteroatoms. The van der Waals surface area contributed by atoms with E-state index in [4.69, 9.17) is 39.1 Å². The molecule has 0 aromatic heterocycles. The van der Waals surface area contributed by atoms with Crippen molar-refractivity contribution >= 4 is 34.7 Å². The van der Waals surface area contributed by atoms with E-state index in [2.05, 4.69) is 0 Å². The molecular formula is C13H9Cl2N3O3. The third kappa shape index (κ3) is 3.42. The number of nitrogens with one attached hydrogen (secondary N) is 1. The zero-order chi connectivity index (χ0) is 15.6. The van der Waals surface area contributed by atoms with E-state index in [1.807, 2.05) is 0 Å². The molecule has 108 valence electrons. The monoisotopic (exact) mass is 325 g/mol. The molecule has 2 aromatic rings. The van der Waals surface area contributed by atoms with Gasteiger partial charge < -0.3 is 10.5 Å². The van der Waals surface area contributed by atoms with Crippen LogP contribution < -0.4 is 10.5 Å². The molecule has 2 aromatic carbocycles. The molecule has 0 fully saturated rings. The highest BCUT2D eigenvalue weighted by Crippen LogP contribution is 2.36. The van der Waals surface area contributed by atoms with Gasteiger partial charge in [-0.15, -0.1) is 0 Å². The number of hydrogen-bond acceptors (Lipinski definition) is 4. The summed E-state index contributed by atoms with van der Waals surface area (Å²) in [6.07, 6.45) is 0. The van der Waals surface area contributed by atoms with E-state index >= 15 is 0 Å². The van der Waals surface area contributed by atoms with E-state index in [0.717, 1.165) is 0 Å². The fraction of sp³-hybridized carbons (Fsp3) is 0. The van der Waals surface area contributed by atoms with Crippen LogP contribution in [0.2, 0.25) is 10.0 Å². The van der Waals surface area contributed by atoms with Crippen LogP contribution in [0.1, 0.15) is 5.56 Å². The van der Waals surface area contributed by atoms with Gasteiger partial charge in [-0.25, -0.2) is 0 Å². The summed E-state index contributed by atoms with van der Waals surface area (Å²) in [5.41, 5.74) is 5.54. The van der Waals surface area contributed by atoms with Gasteiger partial charge in [-0.2, -0.15) is 0 Å². The minimum absolute atomic E-state index is 0.0232. The lowest BCUT2D eigenvalue weighted by Crippen LogP contribution is -2.10. The summed E-state index contributed by atoms with van der Waals surface area (Å²) in [6, 6.07) is 8.41. The normalized spacial score (nSPS) is 10.2. The summed E-state index contributed by atoms with van der Waals surface area (Å²) in [5, 5.41) is 18.7. The molecule has 0 aliphatic heterocycles. The van der Waals surface area contributed by atoms with Crippen LogP contribution in [0.4, 0.5) is 5.69 Å². The second-order valence-electron chi connectivity index (χ2n) is 4.03. The van der Waals surface area contributed by atoms with E-state index in [0.29, 0.717) is 10.6 Å². The predicted octanol–water partition coefficient (Wildman–Crippen LogP) is 3.98. The smallest absolute Gasteiger partial charge is 0.311 e. The van der Waals surface area contributed by atoms with Gasteiger partial charge in [0.2, 0.25) is 5.75 Å². The lowest BCUT2D eigenvalue weighted by molar-refractivity contribution is -0.385. The molecule has 0 unspecified atom stereocenters. The van der Waals surface area contributed by atoms with E-state index in [-0.39, 0.29) is 28.0 Å². The van der Waals surface area contributed by atoms with Gasteiger partial charge in [0, 0.05) is 22.7 Å². The maximum Gasteiger partial charge on any atom is 0.311 e. The number of nitrogens with two attached hydrogens (primary N) is 1. The molecule has 0 spiro atoms. The summed E-state index contributed by atoms with van der Waals surface area (Å²) in [4.78, 5) is 10.4. The number of hydrogen-bond donors (Lipinski definition) is 2. The number of nitrogens with zero attached hydrogens (tertiary/aromatic N) is 1. The number of halogens is 2. The topological polar surface area (TPSA) is 102 Å². The van der Waals surface area contributed by atoms with Crippen molar-refractivity contribution in [3.05, 3.63) is 62.1 Å². The molecule has 2 rings (SSSR count). The summed E-state index contributed by atoms with van der Waals surface area (Å²) >= 11 is 11.8. The fourth-order valence-corrected chi connectivity index (χ4v) is 1.97. The molecule has 0 heterocycles. The zero-order valence-corrected chi connectivity index (χ0v) is 12.0. The van der Waals surface area contributed by atoms with Crippen LogP contribution in [-0.4, -0.2) is 10.8 Å². The Morgan fingerprint density at radius 3 is 2.48 bits per heavy atom. The largest absolute Gasteiger partial charge is 0.449 e. The van der Waals surface area contributed by atoms with Crippen molar-refractivity contribution in [1.29, 1.82) is 5.41 Å². The van der Waals surface area contributed by atoms with Crippen molar-refractivity contribution in [1.82, 2.24) is 0 Å². The number of nitro benzene ring substituents is 1. The fourth-order valence-electron chi connectivity index (χ4n) is 1.59. The molecule has 3 N–H and O–H groups in total. The third-order valence-corrected chi connectivity index (χ3v) is 3.11. The second-order valence-corrected chi connectivity index (χ2v) is 4.87. The highest BCUT2D eigenvalue weighted by molar-refractivity contribution is 6.32. The van der Waals surface area contributed by atoms with Gasteiger partial charge in [0.25, 0.3) is 0 Å². The van der Waals surface area contributed by atoms with Crippen molar-refractivity contribution in [2.75, 3.05) is 0 Å². The van der Waals surface area contributed by atoms with Crippen LogP contribution in [0.15, 0.2) is 36.4 Å². The molecular weight excluding hydrogens is 317 g/mol. The van der Waals surface area contributed by atoms with Gasteiger partial charge in [0.15, 0.2) is 0 Å². The van der Waals surface area contributed by atoms with E-state index in [1.165, 1.54) is 36.4 Å². The van der Waals surface area contributed by atoms with Crippen molar-refractivity contribution in [3.8, 4) is 11.5 Å². The molecule has 0 saturated carbocycles. The zero-order valence-electron chi connectivity index (χ0n) is 10.5. The molecule has 6 nitrogen and oxygen atoms in total. The van der Waals surface area contributed by atoms with Crippen LogP contribution in [0.3, 0.4) is 0 Å². The van der Waals surface area contributed by atoms with Gasteiger partial charge in [-0.1, -0.05) is 23.2 Å². The highest BCUT2D eigenvalue weighted by Gasteiger charge is 2.17. The molecule has 0 saturated heterocycles. The van der Waals surface area contributed by atoms with Crippen molar-refractivity contribution in [2.24, 2.45) is 5.73 Å². The Morgan fingerprint density at radius 1 is 1.19 bits per heavy atom.